The zero-order valence-electron chi connectivity index (χ0n) is 10.5. The van der Waals surface area contributed by atoms with Crippen LogP contribution in [0, 0.1) is 12.8 Å². The number of nitrogens with zero attached hydrogens (tertiary/aromatic N) is 1. The van der Waals surface area contributed by atoms with E-state index in [1.54, 1.807) is 12.3 Å². The number of amides is 1. The zero-order valence-corrected chi connectivity index (χ0v) is 12.9. The quantitative estimate of drug-likeness (QED) is 0.906. The van der Waals surface area contributed by atoms with Gasteiger partial charge in [-0.2, -0.15) is 0 Å². The van der Waals surface area contributed by atoms with Crippen molar-refractivity contribution in [2.24, 2.45) is 5.92 Å². The molecule has 1 atom stereocenters. The van der Waals surface area contributed by atoms with Gasteiger partial charge in [-0.05, 0) is 46.8 Å². The van der Waals surface area contributed by atoms with E-state index in [2.05, 4.69) is 26.2 Å². The van der Waals surface area contributed by atoms with Crippen molar-refractivity contribution in [2.45, 2.75) is 19.8 Å². The van der Waals surface area contributed by atoms with Crippen LogP contribution >= 0.6 is 15.9 Å². The highest BCUT2D eigenvalue weighted by Crippen LogP contribution is 2.22. The highest BCUT2D eigenvalue weighted by molar-refractivity contribution is 9.10. The molecule has 1 aromatic heterocycles. The minimum atomic E-state index is -2.93. The predicted octanol–water partition coefficient (Wildman–Crippen LogP) is 1.92. The molecule has 5 nitrogen and oxygen atoms in total. The molecule has 104 valence electrons. The van der Waals surface area contributed by atoms with Gasteiger partial charge >= 0.3 is 0 Å². The number of rotatable bonds is 3. The summed E-state index contributed by atoms with van der Waals surface area (Å²) in [7, 11) is -2.93. The molecule has 1 aliphatic rings. The lowest BCUT2D eigenvalue weighted by atomic mass is 10.1. The van der Waals surface area contributed by atoms with E-state index in [4.69, 9.17) is 0 Å². The molecule has 1 fully saturated rings. The van der Waals surface area contributed by atoms with Gasteiger partial charge in [0.2, 0.25) is 5.91 Å². The Balaban J connectivity index is 1.93. The van der Waals surface area contributed by atoms with Crippen LogP contribution in [0.25, 0.3) is 0 Å². The number of carbonyl (C=O) groups excluding carboxylic acids is 1. The molecule has 0 aromatic carbocycles. The maximum absolute atomic E-state index is 11.8. The third kappa shape index (κ3) is 4.01. The van der Waals surface area contributed by atoms with Crippen LogP contribution < -0.4 is 5.32 Å². The number of hydrogen-bond acceptors (Lipinski definition) is 4. The number of halogens is 1. The third-order valence-electron chi connectivity index (χ3n) is 3.12. The van der Waals surface area contributed by atoms with Crippen LogP contribution in [-0.4, -0.2) is 30.8 Å². The topological polar surface area (TPSA) is 76.1 Å². The van der Waals surface area contributed by atoms with Crippen LogP contribution in [0.2, 0.25) is 0 Å². The van der Waals surface area contributed by atoms with Gasteiger partial charge < -0.3 is 5.32 Å². The molecule has 0 radical (unpaired) electrons. The molecule has 1 amide bonds. The summed E-state index contributed by atoms with van der Waals surface area (Å²) in [6, 6.07) is 1.77. The fourth-order valence-electron chi connectivity index (χ4n) is 2.10. The summed E-state index contributed by atoms with van der Waals surface area (Å²) in [6.45, 7) is 1.91. The second kappa shape index (κ2) is 5.58. The lowest BCUT2D eigenvalue weighted by Gasteiger charge is -2.09. The molecule has 2 heterocycles. The van der Waals surface area contributed by atoms with E-state index in [1.165, 1.54) is 0 Å². The number of anilines is 1. The van der Waals surface area contributed by atoms with Gasteiger partial charge in [-0.3, -0.25) is 4.79 Å². The number of aromatic nitrogens is 1. The summed E-state index contributed by atoms with van der Waals surface area (Å²) in [4.78, 5) is 15.9. The van der Waals surface area contributed by atoms with E-state index in [-0.39, 0.29) is 29.8 Å². The van der Waals surface area contributed by atoms with Gasteiger partial charge in [0.15, 0.2) is 9.84 Å². The van der Waals surface area contributed by atoms with Crippen molar-refractivity contribution < 1.29 is 13.2 Å². The van der Waals surface area contributed by atoms with Crippen LogP contribution in [0.4, 0.5) is 5.82 Å². The Bertz CT molecular complexity index is 601. The van der Waals surface area contributed by atoms with Crippen LogP contribution in [0.1, 0.15) is 18.4 Å². The molecule has 0 saturated carbocycles. The first kappa shape index (κ1) is 14.5. The number of nitrogens with one attached hydrogen (secondary N) is 1. The molecule has 1 aromatic rings. The van der Waals surface area contributed by atoms with Gasteiger partial charge in [-0.1, -0.05) is 0 Å². The fraction of sp³-hybridized carbons (Fsp3) is 0.500. The number of carbonyl (C=O) groups is 1. The van der Waals surface area contributed by atoms with Crippen molar-refractivity contribution in [1.29, 1.82) is 0 Å². The lowest BCUT2D eigenvalue weighted by molar-refractivity contribution is -0.116. The smallest absolute Gasteiger partial charge is 0.225 e. The van der Waals surface area contributed by atoms with Gasteiger partial charge in [0.05, 0.1) is 11.5 Å². The second-order valence-corrected chi connectivity index (χ2v) is 7.92. The maximum Gasteiger partial charge on any atom is 0.225 e. The van der Waals surface area contributed by atoms with E-state index < -0.39 is 9.84 Å². The highest BCUT2D eigenvalue weighted by atomic mass is 79.9. The normalized spacial score (nSPS) is 21.3. The van der Waals surface area contributed by atoms with Gasteiger partial charge in [0.25, 0.3) is 0 Å². The van der Waals surface area contributed by atoms with Crippen LogP contribution in [0.15, 0.2) is 16.7 Å². The molecule has 0 aliphatic carbocycles. The van der Waals surface area contributed by atoms with Crippen molar-refractivity contribution in [1.82, 2.24) is 4.98 Å². The van der Waals surface area contributed by atoms with E-state index in [9.17, 15) is 13.2 Å². The average molecular weight is 347 g/mol. The van der Waals surface area contributed by atoms with Gasteiger partial charge in [-0.15, -0.1) is 0 Å². The summed E-state index contributed by atoms with van der Waals surface area (Å²) in [6.07, 6.45) is 2.43. The Morgan fingerprint density at radius 1 is 1.58 bits per heavy atom. The molecule has 1 saturated heterocycles. The Hall–Kier alpha value is -0.950. The summed E-state index contributed by atoms with van der Waals surface area (Å²) in [5, 5.41) is 2.70. The van der Waals surface area contributed by atoms with Crippen molar-refractivity contribution in [3.63, 3.8) is 0 Å². The van der Waals surface area contributed by atoms with Crippen molar-refractivity contribution in [3.8, 4) is 0 Å². The molecule has 1 aliphatic heterocycles. The SMILES string of the molecule is Cc1cc(NC(=O)C[C@H]2CCS(=O)(=O)C2)ncc1Br. The van der Waals surface area contributed by atoms with Crippen LogP contribution in [0.5, 0.6) is 0 Å². The second-order valence-electron chi connectivity index (χ2n) is 4.84. The molecule has 7 heteroatoms. The minimum Gasteiger partial charge on any atom is -0.311 e. The van der Waals surface area contributed by atoms with E-state index in [0.29, 0.717) is 12.2 Å². The summed E-state index contributed by atoms with van der Waals surface area (Å²) in [5.74, 6) is 0.554. The Morgan fingerprint density at radius 3 is 2.89 bits per heavy atom. The van der Waals surface area contributed by atoms with Crippen molar-refractivity contribution in [3.05, 3.63) is 22.3 Å². The first-order valence-corrected chi connectivity index (χ1v) is 8.59. The molecule has 0 bridgehead atoms. The number of sulfone groups is 1. The average Bonchev–Trinajstić information content (AvgIpc) is 2.63. The predicted molar refractivity (Wildman–Crippen MR) is 76.7 cm³/mol. The number of hydrogen-bond donors (Lipinski definition) is 1. The zero-order chi connectivity index (χ0) is 14.0. The third-order valence-corrected chi connectivity index (χ3v) is 5.78. The first-order chi connectivity index (χ1) is 8.85. The van der Waals surface area contributed by atoms with Gasteiger partial charge in [-0.25, -0.2) is 13.4 Å². The lowest BCUT2D eigenvalue weighted by Crippen LogP contribution is -2.18. The van der Waals surface area contributed by atoms with Gasteiger partial charge in [0.1, 0.15) is 5.82 Å². The summed E-state index contributed by atoms with van der Waals surface area (Å²) in [5.41, 5.74) is 0.980. The number of aryl methyl sites for hydroxylation is 1. The first-order valence-electron chi connectivity index (χ1n) is 5.98. The molecular weight excluding hydrogens is 332 g/mol. The molecule has 19 heavy (non-hydrogen) atoms. The summed E-state index contributed by atoms with van der Waals surface area (Å²) < 4.78 is 23.5. The Kier molecular flexibility index (Phi) is 4.25. The van der Waals surface area contributed by atoms with Gasteiger partial charge in [0, 0.05) is 17.1 Å². The summed E-state index contributed by atoms with van der Waals surface area (Å²) >= 11 is 3.34. The largest absolute Gasteiger partial charge is 0.311 e. The van der Waals surface area contributed by atoms with E-state index >= 15 is 0 Å². The molecule has 0 spiro atoms. The monoisotopic (exact) mass is 346 g/mol. The Labute approximate surface area is 120 Å². The highest BCUT2D eigenvalue weighted by Gasteiger charge is 2.29. The standard InChI is InChI=1S/C12H15BrN2O3S/c1-8-4-11(14-6-10(8)13)15-12(16)5-9-2-3-19(17,18)7-9/h4,6,9H,2-3,5,7H2,1H3,(H,14,15,16)/t9-/m1/s1. The molecule has 0 unspecified atom stereocenters. The number of pyridine rings is 1. The molecule has 2 rings (SSSR count). The molecular formula is C12H15BrN2O3S. The van der Waals surface area contributed by atoms with Crippen molar-refractivity contribution in [2.75, 3.05) is 16.8 Å². The van der Waals surface area contributed by atoms with E-state index in [1.807, 2.05) is 6.92 Å². The Morgan fingerprint density at radius 2 is 2.32 bits per heavy atom. The van der Waals surface area contributed by atoms with Crippen molar-refractivity contribution >= 4 is 37.5 Å². The molecule has 1 N–H and O–H groups in total. The fourth-order valence-corrected chi connectivity index (χ4v) is 4.18. The van der Waals surface area contributed by atoms with Crippen LogP contribution in [-0.2, 0) is 14.6 Å². The van der Waals surface area contributed by atoms with E-state index in [0.717, 1.165) is 10.0 Å². The maximum atomic E-state index is 11.8. The minimum absolute atomic E-state index is 0.0680. The van der Waals surface area contributed by atoms with Crippen LogP contribution in [0.3, 0.4) is 0 Å².